The minimum atomic E-state index is -4.34. The van der Waals surface area contributed by atoms with Gasteiger partial charge in [0.15, 0.2) is 0 Å². The number of nitrogens with zero attached hydrogens (tertiary/aromatic N) is 1. The van der Waals surface area contributed by atoms with Gasteiger partial charge >= 0.3 is 5.97 Å². The number of nitrogens with two attached hydrogens (primary N) is 1. The number of benzene rings is 1. The van der Waals surface area contributed by atoms with Crippen LogP contribution < -0.4 is 5.73 Å². The topological polar surface area (TPSA) is 107 Å². The lowest BCUT2D eigenvalue weighted by atomic mass is 10.1. The van der Waals surface area contributed by atoms with Crippen LogP contribution in [0.3, 0.4) is 0 Å². The largest absolute Gasteiger partial charge is 0.465 e. The van der Waals surface area contributed by atoms with E-state index in [1.54, 1.807) is 0 Å². The number of amides is 1. The number of hydrogen-bond acceptors (Lipinski definition) is 5. The Hall–Kier alpha value is -2.07. The highest BCUT2D eigenvalue weighted by atomic mass is 32.2. The van der Waals surface area contributed by atoms with Gasteiger partial charge in [-0.3, -0.25) is 4.79 Å². The van der Waals surface area contributed by atoms with Gasteiger partial charge in [-0.25, -0.2) is 22.0 Å². The fourth-order valence-electron chi connectivity index (χ4n) is 2.31. The Morgan fingerprint density at radius 1 is 1.30 bits per heavy atom. The molecule has 7 nitrogen and oxygen atoms in total. The van der Waals surface area contributed by atoms with Gasteiger partial charge in [-0.1, -0.05) is 0 Å². The lowest BCUT2D eigenvalue weighted by Gasteiger charge is -2.17. The van der Waals surface area contributed by atoms with E-state index in [2.05, 4.69) is 4.74 Å². The van der Waals surface area contributed by atoms with Crippen LogP contribution in [0.4, 0.5) is 8.78 Å². The first kappa shape index (κ1) is 17.3. The minimum absolute atomic E-state index is 0.0275. The first-order valence-corrected chi connectivity index (χ1v) is 7.99. The fraction of sp³-hybridized carbons (Fsp3) is 0.385. The molecule has 0 aromatic heterocycles. The van der Waals surface area contributed by atoms with Gasteiger partial charge in [0.05, 0.1) is 18.6 Å². The van der Waals surface area contributed by atoms with Crippen molar-refractivity contribution in [2.24, 2.45) is 11.7 Å². The van der Waals surface area contributed by atoms with Gasteiger partial charge in [0.1, 0.15) is 16.5 Å². The van der Waals surface area contributed by atoms with Crippen molar-refractivity contribution in [2.75, 3.05) is 20.2 Å². The average Bonchev–Trinajstić information content (AvgIpc) is 2.97. The summed E-state index contributed by atoms with van der Waals surface area (Å²) in [5.74, 6) is -5.02. The Morgan fingerprint density at radius 3 is 2.48 bits per heavy atom. The summed E-state index contributed by atoms with van der Waals surface area (Å²) in [7, 11) is -3.36. The molecule has 1 aliphatic heterocycles. The molecule has 2 N–H and O–H groups in total. The average molecular weight is 348 g/mol. The van der Waals surface area contributed by atoms with Crippen LogP contribution in [-0.2, 0) is 19.6 Å². The van der Waals surface area contributed by atoms with E-state index in [-0.39, 0.29) is 19.5 Å². The SMILES string of the molecule is COC(=O)c1cc(S(=O)(=O)N2CC[C@@H](C(N)=O)C2)c(F)cc1F. The van der Waals surface area contributed by atoms with Crippen molar-refractivity contribution in [1.29, 1.82) is 0 Å². The normalized spacial score (nSPS) is 18.8. The number of carbonyl (C=O) groups is 2. The van der Waals surface area contributed by atoms with Crippen molar-refractivity contribution >= 4 is 21.9 Å². The Morgan fingerprint density at radius 2 is 1.96 bits per heavy atom. The van der Waals surface area contributed by atoms with E-state index in [0.717, 1.165) is 11.4 Å². The maximum atomic E-state index is 13.9. The highest BCUT2D eigenvalue weighted by Crippen LogP contribution is 2.27. The quantitative estimate of drug-likeness (QED) is 0.785. The van der Waals surface area contributed by atoms with Crippen LogP contribution in [0.15, 0.2) is 17.0 Å². The van der Waals surface area contributed by atoms with Crippen LogP contribution in [0.1, 0.15) is 16.8 Å². The molecule has 23 heavy (non-hydrogen) atoms. The van der Waals surface area contributed by atoms with E-state index in [4.69, 9.17) is 5.73 Å². The van der Waals surface area contributed by atoms with E-state index in [1.807, 2.05) is 0 Å². The highest BCUT2D eigenvalue weighted by Gasteiger charge is 2.37. The molecule has 1 amide bonds. The summed E-state index contributed by atoms with van der Waals surface area (Å²) in [5.41, 5.74) is 4.43. The second kappa shape index (κ2) is 6.20. The van der Waals surface area contributed by atoms with Crippen molar-refractivity contribution < 1.29 is 31.5 Å². The Labute approximate surface area is 131 Å². The molecule has 1 aromatic rings. The van der Waals surface area contributed by atoms with Gasteiger partial charge in [0.25, 0.3) is 0 Å². The molecule has 2 rings (SSSR count). The summed E-state index contributed by atoms with van der Waals surface area (Å²) < 4.78 is 57.6. The number of rotatable bonds is 4. The molecule has 1 fully saturated rings. The van der Waals surface area contributed by atoms with Crippen LogP contribution in [0.5, 0.6) is 0 Å². The Bertz CT molecular complexity index is 766. The number of esters is 1. The standard InChI is InChI=1S/C13H14F2N2O5S/c1-22-13(19)8-4-11(10(15)5-9(8)14)23(20,21)17-3-2-7(6-17)12(16)18/h4-5,7H,2-3,6H2,1H3,(H2,16,18)/t7-/m1/s1. The number of hydrogen-bond donors (Lipinski definition) is 1. The van der Waals surface area contributed by atoms with Crippen molar-refractivity contribution in [1.82, 2.24) is 4.31 Å². The van der Waals surface area contributed by atoms with E-state index >= 15 is 0 Å². The number of sulfonamides is 1. The van der Waals surface area contributed by atoms with Crippen LogP contribution >= 0.6 is 0 Å². The zero-order valence-electron chi connectivity index (χ0n) is 12.1. The molecular formula is C13H14F2N2O5S. The van der Waals surface area contributed by atoms with Crippen LogP contribution in [0, 0.1) is 17.6 Å². The minimum Gasteiger partial charge on any atom is -0.465 e. The third kappa shape index (κ3) is 3.17. The molecule has 0 saturated carbocycles. The summed E-state index contributed by atoms with van der Waals surface area (Å²) in [6.45, 7) is -0.220. The molecule has 1 heterocycles. The predicted molar refractivity (Wildman–Crippen MR) is 73.8 cm³/mol. The Kier molecular flexibility index (Phi) is 4.66. The molecule has 1 aliphatic rings. The fourth-order valence-corrected chi connectivity index (χ4v) is 3.88. The molecule has 0 aliphatic carbocycles. The molecule has 0 radical (unpaired) electrons. The monoisotopic (exact) mass is 348 g/mol. The number of carbonyl (C=O) groups excluding carboxylic acids is 2. The second-order valence-corrected chi connectivity index (χ2v) is 6.91. The first-order chi connectivity index (χ1) is 10.7. The van der Waals surface area contributed by atoms with Gasteiger partial charge < -0.3 is 10.5 Å². The summed E-state index contributed by atoms with van der Waals surface area (Å²) in [4.78, 5) is 21.7. The molecular weight excluding hydrogens is 334 g/mol. The molecule has 1 aromatic carbocycles. The predicted octanol–water partition coefficient (Wildman–Crippen LogP) is 0.247. The molecule has 0 spiro atoms. The third-order valence-electron chi connectivity index (χ3n) is 3.60. The van der Waals surface area contributed by atoms with Crippen LogP contribution in [0.2, 0.25) is 0 Å². The van der Waals surface area contributed by atoms with Crippen molar-refractivity contribution in [3.05, 3.63) is 29.3 Å². The lowest BCUT2D eigenvalue weighted by Crippen LogP contribution is -2.32. The third-order valence-corrected chi connectivity index (χ3v) is 5.48. The zero-order valence-corrected chi connectivity index (χ0v) is 12.9. The molecule has 10 heteroatoms. The van der Waals surface area contributed by atoms with Gasteiger partial charge in [-0.2, -0.15) is 4.31 Å². The van der Waals surface area contributed by atoms with E-state index < -0.39 is 49.9 Å². The number of halogens is 2. The second-order valence-electron chi connectivity index (χ2n) is 5.01. The maximum absolute atomic E-state index is 13.9. The van der Waals surface area contributed by atoms with Crippen molar-refractivity contribution in [3.8, 4) is 0 Å². The number of ether oxygens (including phenoxy) is 1. The summed E-state index contributed by atoms with van der Waals surface area (Å²) in [6, 6.07) is 0.893. The lowest BCUT2D eigenvalue weighted by molar-refractivity contribution is -0.121. The molecule has 126 valence electrons. The number of primary amides is 1. The zero-order chi connectivity index (χ0) is 17.4. The Balaban J connectivity index is 2.44. The maximum Gasteiger partial charge on any atom is 0.340 e. The molecule has 1 atom stereocenters. The molecule has 1 saturated heterocycles. The summed E-state index contributed by atoms with van der Waals surface area (Å²) in [5, 5.41) is 0. The molecule has 0 unspecified atom stereocenters. The van der Waals surface area contributed by atoms with Gasteiger partial charge in [-0.05, 0) is 12.5 Å². The van der Waals surface area contributed by atoms with E-state index in [0.29, 0.717) is 12.1 Å². The van der Waals surface area contributed by atoms with Gasteiger partial charge in [0.2, 0.25) is 15.9 Å². The smallest absolute Gasteiger partial charge is 0.340 e. The van der Waals surface area contributed by atoms with E-state index in [1.165, 1.54) is 0 Å². The molecule has 0 bridgehead atoms. The summed E-state index contributed by atoms with van der Waals surface area (Å²) in [6.07, 6.45) is 0.210. The summed E-state index contributed by atoms with van der Waals surface area (Å²) >= 11 is 0. The van der Waals surface area contributed by atoms with Crippen molar-refractivity contribution in [2.45, 2.75) is 11.3 Å². The van der Waals surface area contributed by atoms with Crippen LogP contribution in [-0.4, -0.2) is 44.8 Å². The number of methoxy groups -OCH3 is 1. The van der Waals surface area contributed by atoms with Crippen LogP contribution in [0.25, 0.3) is 0 Å². The first-order valence-electron chi connectivity index (χ1n) is 6.55. The highest BCUT2D eigenvalue weighted by molar-refractivity contribution is 7.89. The van der Waals surface area contributed by atoms with Gasteiger partial charge in [0, 0.05) is 19.2 Å². The van der Waals surface area contributed by atoms with Gasteiger partial charge in [-0.15, -0.1) is 0 Å². The van der Waals surface area contributed by atoms with Crippen molar-refractivity contribution in [3.63, 3.8) is 0 Å². The van der Waals surface area contributed by atoms with E-state index in [9.17, 15) is 26.8 Å².